The van der Waals surface area contributed by atoms with Crippen LogP contribution in [-0.4, -0.2) is 22.8 Å². The van der Waals surface area contributed by atoms with Gasteiger partial charge in [-0.25, -0.2) is 0 Å². The Labute approximate surface area is 105 Å². The van der Waals surface area contributed by atoms with E-state index in [1.165, 1.54) is 6.20 Å². The van der Waals surface area contributed by atoms with E-state index in [1.54, 1.807) is 25.0 Å². The first-order valence-corrected chi connectivity index (χ1v) is 5.57. The Balaban J connectivity index is 2.09. The molecule has 0 atom stereocenters. The molecule has 18 heavy (non-hydrogen) atoms. The molecule has 0 fully saturated rings. The highest BCUT2D eigenvalue weighted by molar-refractivity contribution is 6.03. The molecule has 0 aliphatic carbocycles. The van der Waals surface area contributed by atoms with Crippen molar-refractivity contribution in [1.82, 2.24) is 9.78 Å². The van der Waals surface area contributed by atoms with Crippen molar-refractivity contribution in [2.75, 3.05) is 12.4 Å². The number of hydrogen-bond donors (Lipinski definition) is 1. The summed E-state index contributed by atoms with van der Waals surface area (Å²) in [6, 6.07) is 7.56. The smallest absolute Gasteiger partial charge is 0.258 e. The summed E-state index contributed by atoms with van der Waals surface area (Å²) in [5, 5.41) is 6.78. The van der Waals surface area contributed by atoms with Crippen LogP contribution in [0.25, 0.3) is 0 Å². The second-order valence-corrected chi connectivity index (χ2v) is 3.99. The number of anilines is 1. The number of rotatable bonds is 4. The zero-order valence-corrected chi connectivity index (χ0v) is 10.4. The topological polar surface area (TPSA) is 56.1 Å². The van der Waals surface area contributed by atoms with E-state index >= 15 is 0 Å². The molecule has 0 bridgehead atoms. The van der Waals surface area contributed by atoms with Gasteiger partial charge in [-0.1, -0.05) is 12.1 Å². The van der Waals surface area contributed by atoms with Gasteiger partial charge in [0, 0.05) is 26.0 Å². The van der Waals surface area contributed by atoms with Crippen molar-refractivity contribution >= 4 is 11.6 Å². The molecule has 0 unspecified atom stereocenters. The number of nitrogens with one attached hydrogen (secondary N) is 1. The number of nitrogens with zero attached hydrogens (tertiary/aromatic N) is 2. The van der Waals surface area contributed by atoms with Crippen molar-refractivity contribution in [1.29, 1.82) is 0 Å². The average molecular weight is 245 g/mol. The van der Waals surface area contributed by atoms with Crippen molar-refractivity contribution in [2.45, 2.75) is 6.61 Å². The van der Waals surface area contributed by atoms with Gasteiger partial charge in [0.1, 0.15) is 0 Å². The van der Waals surface area contributed by atoms with Crippen molar-refractivity contribution in [2.24, 2.45) is 7.05 Å². The summed E-state index contributed by atoms with van der Waals surface area (Å²) in [6.07, 6.45) is 3.21. The molecule has 0 spiro atoms. The van der Waals surface area contributed by atoms with Gasteiger partial charge in [0.25, 0.3) is 5.91 Å². The monoisotopic (exact) mass is 245 g/mol. The van der Waals surface area contributed by atoms with Gasteiger partial charge in [-0.15, -0.1) is 0 Å². The SMILES string of the molecule is COCc1cccc(NC(=O)c2cnn(C)c2)c1. The summed E-state index contributed by atoms with van der Waals surface area (Å²) in [4.78, 5) is 11.9. The van der Waals surface area contributed by atoms with Gasteiger partial charge in [-0.05, 0) is 17.7 Å². The van der Waals surface area contributed by atoms with Crippen LogP contribution < -0.4 is 5.32 Å². The van der Waals surface area contributed by atoms with Crippen molar-refractivity contribution in [3.8, 4) is 0 Å². The third-order valence-electron chi connectivity index (χ3n) is 2.46. The normalized spacial score (nSPS) is 10.3. The largest absolute Gasteiger partial charge is 0.380 e. The maximum Gasteiger partial charge on any atom is 0.258 e. The van der Waals surface area contributed by atoms with Crippen LogP contribution >= 0.6 is 0 Å². The lowest BCUT2D eigenvalue weighted by Crippen LogP contribution is -2.11. The predicted molar refractivity (Wildman–Crippen MR) is 68.3 cm³/mol. The number of ether oxygens (including phenoxy) is 1. The Hall–Kier alpha value is -2.14. The molecule has 2 rings (SSSR count). The molecule has 1 aromatic heterocycles. The molecular weight excluding hydrogens is 230 g/mol. The maximum absolute atomic E-state index is 11.9. The predicted octanol–water partition coefficient (Wildman–Crippen LogP) is 1.82. The zero-order valence-electron chi connectivity index (χ0n) is 10.4. The van der Waals surface area contributed by atoms with E-state index < -0.39 is 0 Å². The number of hydrogen-bond acceptors (Lipinski definition) is 3. The first-order valence-electron chi connectivity index (χ1n) is 5.57. The first-order chi connectivity index (χ1) is 8.69. The van der Waals surface area contributed by atoms with E-state index in [0.29, 0.717) is 12.2 Å². The van der Waals surface area contributed by atoms with Crippen molar-refractivity contribution in [3.05, 3.63) is 47.8 Å². The molecule has 1 amide bonds. The minimum atomic E-state index is -0.169. The molecule has 5 heteroatoms. The summed E-state index contributed by atoms with van der Waals surface area (Å²) >= 11 is 0. The lowest BCUT2D eigenvalue weighted by atomic mass is 10.2. The molecule has 1 N–H and O–H groups in total. The molecule has 1 aromatic carbocycles. The number of benzene rings is 1. The van der Waals surface area contributed by atoms with E-state index in [-0.39, 0.29) is 5.91 Å². The molecule has 0 aliphatic heterocycles. The van der Waals surface area contributed by atoms with E-state index in [1.807, 2.05) is 24.3 Å². The maximum atomic E-state index is 11.9. The van der Waals surface area contributed by atoms with Crippen LogP contribution in [0.15, 0.2) is 36.7 Å². The van der Waals surface area contributed by atoms with Gasteiger partial charge < -0.3 is 10.1 Å². The Kier molecular flexibility index (Phi) is 3.74. The summed E-state index contributed by atoms with van der Waals surface area (Å²) in [6.45, 7) is 0.524. The highest BCUT2D eigenvalue weighted by Crippen LogP contribution is 2.12. The quantitative estimate of drug-likeness (QED) is 0.893. The van der Waals surface area contributed by atoms with Crippen LogP contribution in [0.3, 0.4) is 0 Å². The van der Waals surface area contributed by atoms with Crippen molar-refractivity contribution in [3.63, 3.8) is 0 Å². The minimum absolute atomic E-state index is 0.169. The third kappa shape index (κ3) is 2.95. The molecule has 0 aliphatic rings. The van der Waals surface area contributed by atoms with Crippen LogP contribution in [0.2, 0.25) is 0 Å². The Morgan fingerprint density at radius 2 is 2.33 bits per heavy atom. The number of aromatic nitrogens is 2. The summed E-state index contributed by atoms with van der Waals surface area (Å²) < 4.78 is 6.64. The fourth-order valence-electron chi connectivity index (χ4n) is 1.65. The van der Waals surface area contributed by atoms with Crippen LogP contribution in [0.5, 0.6) is 0 Å². The fraction of sp³-hybridized carbons (Fsp3) is 0.231. The van der Waals surface area contributed by atoms with E-state index in [2.05, 4.69) is 10.4 Å². The van der Waals surface area contributed by atoms with Gasteiger partial charge in [-0.2, -0.15) is 5.10 Å². The number of amides is 1. The van der Waals surface area contributed by atoms with Gasteiger partial charge in [-0.3, -0.25) is 9.48 Å². The van der Waals surface area contributed by atoms with Crippen LogP contribution in [0, 0.1) is 0 Å². The molecule has 0 saturated carbocycles. The zero-order chi connectivity index (χ0) is 13.0. The van der Waals surface area contributed by atoms with Gasteiger partial charge in [0.15, 0.2) is 0 Å². The standard InChI is InChI=1S/C13H15N3O2/c1-16-8-11(7-14-16)13(17)15-12-5-3-4-10(6-12)9-18-2/h3-8H,9H2,1-2H3,(H,15,17). The van der Waals surface area contributed by atoms with Gasteiger partial charge >= 0.3 is 0 Å². The summed E-state index contributed by atoms with van der Waals surface area (Å²) in [5.41, 5.74) is 2.30. The van der Waals surface area contributed by atoms with Crippen LogP contribution in [-0.2, 0) is 18.4 Å². The lowest BCUT2D eigenvalue weighted by Gasteiger charge is -2.05. The first kappa shape index (κ1) is 12.3. The highest BCUT2D eigenvalue weighted by atomic mass is 16.5. The summed E-state index contributed by atoms with van der Waals surface area (Å²) in [7, 11) is 3.41. The molecule has 0 saturated heterocycles. The van der Waals surface area contributed by atoms with Gasteiger partial charge in [0.2, 0.25) is 0 Å². The number of aryl methyl sites for hydroxylation is 1. The molecule has 0 radical (unpaired) electrons. The van der Waals surface area contributed by atoms with Gasteiger partial charge in [0.05, 0.1) is 18.4 Å². The number of carbonyl (C=O) groups excluding carboxylic acids is 1. The van der Waals surface area contributed by atoms with E-state index in [9.17, 15) is 4.79 Å². The molecular formula is C13H15N3O2. The number of carbonyl (C=O) groups is 1. The van der Waals surface area contributed by atoms with Crippen LogP contribution in [0.1, 0.15) is 15.9 Å². The van der Waals surface area contributed by atoms with Crippen molar-refractivity contribution < 1.29 is 9.53 Å². The van der Waals surface area contributed by atoms with E-state index in [4.69, 9.17) is 4.74 Å². The Morgan fingerprint density at radius 3 is 3.00 bits per heavy atom. The molecule has 1 heterocycles. The lowest BCUT2D eigenvalue weighted by molar-refractivity contribution is 0.102. The fourth-order valence-corrected chi connectivity index (χ4v) is 1.65. The summed E-state index contributed by atoms with van der Waals surface area (Å²) in [5.74, 6) is -0.169. The third-order valence-corrected chi connectivity index (χ3v) is 2.46. The molecule has 2 aromatic rings. The van der Waals surface area contributed by atoms with E-state index in [0.717, 1.165) is 11.3 Å². The Morgan fingerprint density at radius 1 is 1.50 bits per heavy atom. The Bertz CT molecular complexity index is 549. The molecule has 5 nitrogen and oxygen atoms in total. The second-order valence-electron chi connectivity index (χ2n) is 3.99. The molecule has 94 valence electrons. The average Bonchev–Trinajstić information content (AvgIpc) is 2.77. The number of methoxy groups -OCH3 is 1. The second kappa shape index (κ2) is 5.46. The minimum Gasteiger partial charge on any atom is -0.380 e. The highest BCUT2D eigenvalue weighted by Gasteiger charge is 2.08. The van der Waals surface area contributed by atoms with Crippen LogP contribution in [0.4, 0.5) is 5.69 Å².